The molecule has 0 N–H and O–H groups in total. The van der Waals surface area contributed by atoms with Gasteiger partial charge in [-0.15, -0.1) is 0 Å². The maximum Gasteiger partial charge on any atom is 0.0776 e. The van der Waals surface area contributed by atoms with Gasteiger partial charge < -0.3 is 9.47 Å². The molecule has 2 nitrogen and oxygen atoms in total. The fraction of sp³-hybridized carbons (Fsp3) is 0.647. The Morgan fingerprint density at radius 1 is 1.05 bits per heavy atom. The van der Waals surface area contributed by atoms with Crippen molar-refractivity contribution in [1.29, 1.82) is 0 Å². The third-order valence-corrected chi connectivity index (χ3v) is 3.21. The van der Waals surface area contributed by atoms with Gasteiger partial charge in [-0.25, -0.2) is 0 Å². The van der Waals surface area contributed by atoms with Gasteiger partial charge in [0.2, 0.25) is 0 Å². The minimum absolute atomic E-state index is 0.158. The van der Waals surface area contributed by atoms with Gasteiger partial charge in [-0.2, -0.15) is 0 Å². The van der Waals surface area contributed by atoms with E-state index in [0.29, 0.717) is 18.6 Å². The third kappa shape index (κ3) is 7.34. The van der Waals surface area contributed by atoms with Gasteiger partial charge >= 0.3 is 0 Å². The molecule has 1 rings (SSSR count). The lowest BCUT2D eigenvalue weighted by atomic mass is 9.88. The molecule has 0 heterocycles. The Balaban J connectivity index is 2.35. The molecule has 108 valence electrons. The molecule has 1 unspecified atom stereocenters. The topological polar surface area (TPSA) is 18.5 Å². The van der Waals surface area contributed by atoms with Gasteiger partial charge in [0.25, 0.3) is 0 Å². The van der Waals surface area contributed by atoms with Crippen LogP contribution in [0.3, 0.4) is 0 Å². The number of ether oxygens (including phenoxy) is 2. The summed E-state index contributed by atoms with van der Waals surface area (Å²) < 4.78 is 10.7. The maximum atomic E-state index is 5.60. The van der Waals surface area contributed by atoms with Crippen LogP contribution in [0.1, 0.15) is 45.2 Å². The highest BCUT2D eigenvalue weighted by Crippen LogP contribution is 2.21. The van der Waals surface area contributed by atoms with Crippen molar-refractivity contribution in [1.82, 2.24) is 0 Å². The van der Waals surface area contributed by atoms with Crippen LogP contribution in [-0.2, 0) is 22.5 Å². The average Bonchev–Trinajstić information content (AvgIpc) is 2.36. The minimum Gasteiger partial charge on any atom is -0.379 e. The Morgan fingerprint density at radius 3 is 2.16 bits per heavy atom. The number of benzene rings is 1. The van der Waals surface area contributed by atoms with E-state index in [2.05, 4.69) is 45.0 Å². The molecule has 1 aromatic rings. The van der Waals surface area contributed by atoms with Crippen molar-refractivity contribution in [3.63, 3.8) is 0 Å². The van der Waals surface area contributed by atoms with Crippen LogP contribution in [0.15, 0.2) is 24.3 Å². The maximum absolute atomic E-state index is 5.60. The normalized spacial score (nSPS) is 13.5. The van der Waals surface area contributed by atoms with Gasteiger partial charge in [0.1, 0.15) is 0 Å². The summed E-state index contributed by atoms with van der Waals surface area (Å²) in [6.45, 7) is 10.2. The lowest BCUT2D eigenvalue weighted by Crippen LogP contribution is -2.13. The van der Waals surface area contributed by atoms with Crippen LogP contribution in [-0.4, -0.2) is 19.8 Å². The number of hydrogen-bond acceptors (Lipinski definition) is 2. The SMILES string of the molecule is COC(C)COCc1ccc(CCC(C)(C)C)cc1. The van der Waals surface area contributed by atoms with Gasteiger partial charge in [0, 0.05) is 7.11 Å². The first-order valence-electron chi connectivity index (χ1n) is 7.09. The molecule has 0 fully saturated rings. The lowest BCUT2D eigenvalue weighted by molar-refractivity contribution is 0.0117. The fourth-order valence-electron chi connectivity index (χ4n) is 1.73. The van der Waals surface area contributed by atoms with Gasteiger partial charge in [-0.05, 0) is 36.3 Å². The Bertz CT molecular complexity index is 349. The zero-order valence-corrected chi connectivity index (χ0v) is 13.0. The monoisotopic (exact) mass is 264 g/mol. The highest BCUT2D eigenvalue weighted by atomic mass is 16.5. The molecule has 0 amide bonds. The molecule has 0 saturated heterocycles. The van der Waals surface area contributed by atoms with Gasteiger partial charge in [-0.3, -0.25) is 0 Å². The summed E-state index contributed by atoms with van der Waals surface area (Å²) in [5.74, 6) is 0. The van der Waals surface area contributed by atoms with Gasteiger partial charge in [0.15, 0.2) is 0 Å². The highest BCUT2D eigenvalue weighted by Gasteiger charge is 2.09. The molecular formula is C17H28O2. The van der Waals surface area contributed by atoms with E-state index in [-0.39, 0.29) is 6.10 Å². The second kappa shape index (κ2) is 7.66. The van der Waals surface area contributed by atoms with E-state index in [9.17, 15) is 0 Å². The first-order chi connectivity index (χ1) is 8.90. The summed E-state index contributed by atoms with van der Waals surface area (Å²) in [6.07, 6.45) is 2.52. The number of hydrogen-bond donors (Lipinski definition) is 0. The van der Waals surface area contributed by atoms with E-state index in [1.54, 1.807) is 7.11 Å². The first-order valence-corrected chi connectivity index (χ1v) is 7.09. The van der Waals surface area contributed by atoms with Crippen LogP contribution in [0, 0.1) is 5.41 Å². The summed E-state index contributed by atoms with van der Waals surface area (Å²) >= 11 is 0. The summed E-state index contributed by atoms with van der Waals surface area (Å²) in [5, 5.41) is 0. The van der Waals surface area contributed by atoms with Crippen LogP contribution < -0.4 is 0 Å². The molecule has 0 radical (unpaired) electrons. The molecule has 0 bridgehead atoms. The van der Waals surface area contributed by atoms with Crippen LogP contribution >= 0.6 is 0 Å². The fourth-order valence-corrected chi connectivity index (χ4v) is 1.73. The van der Waals surface area contributed by atoms with Crippen molar-refractivity contribution in [3.8, 4) is 0 Å². The Kier molecular flexibility index (Phi) is 6.53. The predicted molar refractivity (Wildman–Crippen MR) is 80.3 cm³/mol. The van der Waals surface area contributed by atoms with Gasteiger partial charge in [0.05, 0.1) is 19.3 Å². The number of rotatable bonds is 7. The number of methoxy groups -OCH3 is 1. The second-order valence-electron chi connectivity index (χ2n) is 6.44. The zero-order chi connectivity index (χ0) is 14.3. The molecular weight excluding hydrogens is 236 g/mol. The molecule has 1 aromatic carbocycles. The van der Waals surface area contributed by atoms with Crippen molar-refractivity contribution in [2.75, 3.05) is 13.7 Å². The molecule has 0 aliphatic carbocycles. The van der Waals surface area contributed by atoms with Crippen molar-refractivity contribution in [2.45, 2.75) is 53.2 Å². The van der Waals surface area contributed by atoms with E-state index in [1.165, 1.54) is 17.5 Å². The summed E-state index contributed by atoms with van der Waals surface area (Å²) in [4.78, 5) is 0. The summed E-state index contributed by atoms with van der Waals surface area (Å²) in [5.41, 5.74) is 3.03. The smallest absolute Gasteiger partial charge is 0.0776 e. The largest absolute Gasteiger partial charge is 0.379 e. The predicted octanol–water partition coefficient (Wildman–Crippen LogP) is 4.22. The van der Waals surface area contributed by atoms with E-state index in [0.717, 1.165) is 6.42 Å². The Labute approximate surface area is 118 Å². The van der Waals surface area contributed by atoms with Crippen LogP contribution in [0.4, 0.5) is 0 Å². The molecule has 1 atom stereocenters. The quantitative estimate of drug-likeness (QED) is 0.734. The Hall–Kier alpha value is -0.860. The zero-order valence-electron chi connectivity index (χ0n) is 13.0. The van der Waals surface area contributed by atoms with Crippen molar-refractivity contribution < 1.29 is 9.47 Å². The lowest BCUT2D eigenvalue weighted by Gasteiger charge is -2.17. The van der Waals surface area contributed by atoms with Crippen molar-refractivity contribution in [2.24, 2.45) is 5.41 Å². The average molecular weight is 264 g/mol. The molecule has 0 spiro atoms. The summed E-state index contributed by atoms with van der Waals surface area (Å²) in [6, 6.07) is 8.75. The van der Waals surface area contributed by atoms with Gasteiger partial charge in [-0.1, -0.05) is 45.0 Å². The molecule has 0 saturated carbocycles. The molecule has 0 aliphatic rings. The van der Waals surface area contributed by atoms with Crippen molar-refractivity contribution in [3.05, 3.63) is 35.4 Å². The second-order valence-corrected chi connectivity index (χ2v) is 6.44. The minimum atomic E-state index is 0.158. The molecule has 2 heteroatoms. The highest BCUT2D eigenvalue weighted by molar-refractivity contribution is 5.22. The van der Waals surface area contributed by atoms with E-state index < -0.39 is 0 Å². The summed E-state index contributed by atoms with van der Waals surface area (Å²) in [7, 11) is 1.71. The van der Waals surface area contributed by atoms with Crippen LogP contribution in [0.5, 0.6) is 0 Å². The Morgan fingerprint density at radius 2 is 1.63 bits per heavy atom. The van der Waals surface area contributed by atoms with E-state index in [1.807, 2.05) is 6.92 Å². The number of aryl methyl sites for hydroxylation is 1. The molecule has 0 aliphatic heterocycles. The standard InChI is InChI=1S/C17H28O2/c1-14(18-5)12-19-13-16-8-6-15(7-9-16)10-11-17(2,3)4/h6-9,14H,10-13H2,1-5H3. The molecule has 19 heavy (non-hydrogen) atoms. The van der Waals surface area contributed by atoms with Crippen molar-refractivity contribution >= 4 is 0 Å². The van der Waals surface area contributed by atoms with Crippen LogP contribution in [0.25, 0.3) is 0 Å². The molecule has 0 aromatic heterocycles. The third-order valence-electron chi connectivity index (χ3n) is 3.21. The van der Waals surface area contributed by atoms with E-state index >= 15 is 0 Å². The van der Waals surface area contributed by atoms with E-state index in [4.69, 9.17) is 9.47 Å². The van der Waals surface area contributed by atoms with Crippen LogP contribution in [0.2, 0.25) is 0 Å². The first kappa shape index (κ1) is 16.2.